The summed E-state index contributed by atoms with van der Waals surface area (Å²) in [5.74, 6) is 0.507. The summed E-state index contributed by atoms with van der Waals surface area (Å²) >= 11 is 5.51. The first-order chi connectivity index (χ1) is 19.9. The highest BCUT2D eigenvalue weighted by Gasteiger charge is 1.97. The first kappa shape index (κ1) is 40.0. The van der Waals surface area contributed by atoms with Gasteiger partial charge in [0, 0.05) is 12.5 Å². The summed E-state index contributed by atoms with van der Waals surface area (Å²) in [5.41, 5.74) is 0. The molecule has 0 bridgehead atoms. The Morgan fingerprint density at radius 2 is 0.500 bits per heavy atom. The Labute approximate surface area is 251 Å². The molecule has 0 heterocycles. The van der Waals surface area contributed by atoms with E-state index in [-0.39, 0.29) is 0 Å². The quantitative estimate of drug-likeness (QED) is 0.0597. The van der Waals surface area contributed by atoms with Gasteiger partial charge >= 0.3 is 0 Å². The lowest BCUT2D eigenvalue weighted by Crippen LogP contribution is -2.15. The van der Waals surface area contributed by atoms with Crippen LogP contribution in [0, 0.1) is 0 Å². The molecule has 0 aliphatic rings. The van der Waals surface area contributed by atoms with Crippen molar-refractivity contribution in [2.45, 2.75) is 90.4 Å². The average molecular weight is 599 g/mol. The highest BCUT2D eigenvalue weighted by Crippen LogP contribution is 2.12. The monoisotopic (exact) mass is 598 g/mol. The summed E-state index contributed by atoms with van der Waals surface area (Å²) in [6.45, 7) is 11.6. The minimum Gasteiger partial charge on any atom is -0.379 e. The van der Waals surface area contributed by atoms with E-state index in [1.54, 1.807) is 0 Å². The smallest absolute Gasteiger partial charge is 0.0701 e. The van der Waals surface area contributed by atoms with Gasteiger partial charge in [0.05, 0.1) is 99.1 Å². The van der Waals surface area contributed by atoms with E-state index in [1.165, 1.54) is 77.0 Å². The van der Waals surface area contributed by atoms with Crippen LogP contribution in [0.4, 0.5) is 0 Å². The average Bonchev–Trinajstić information content (AvgIpc) is 2.97. The van der Waals surface area contributed by atoms with Crippen LogP contribution in [0.15, 0.2) is 0 Å². The molecule has 40 heavy (non-hydrogen) atoms. The number of unbranched alkanes of at least 4 members (excludes halogenated alkanes) is 12. The van der Waals surface area contributed by atoms with Crippen molar-refractivity contribution < 1.29 is 37.9 Å². The molecule has 0 rings (SSSR count). The molecule has 0 aliphatic heterocycles. The fourth-order valence-electron chi connectivity index (χ4n) is 3.92. The summed E-state index contributed by atoms with van der Waals surface area (Å²) in [7, 11) is 0. The predicted molar refractivity (Wildman–Crippen MR) is 163 cm³/mol. The minimum atomic E-state index is 0.507. The Balaban J connectivity index is 3.01. The molecule has 0 aromatic carbocycles. The highest BCUT2D eigenvalue weighted by molar-refractivity contribution is 6.17. The van der Waals surface area contributed by atoms with E-state index in [0.717, 1.165) is 13.0 Å². The Kier molecular flexibility index (Phi) is 38.9. The largest absolute Gasteiger partial charge is 0.379 e. The van der Waals surface area contributed by atoms with Crippen LogP contribution in [-0.2, 0) is 37.9 Å². The topological polar surface area (TPSA) is 73.8 Å². The van der Waals surface area contributed by atoms with E-state index >= 15 is 0 Å². The van der Waals surface area contributed by atoms with E-state index in [1.807, 2.05) is 0 Å². The molecule has 242 valence electrons. The van der Waals surface area contributed by atoms with Crippen molar-refractivity contribution in [3.05, 3.63) is 0 Å². The van der Waals surface area contributed by atoms with Gasteiger partial charge in [-0.15, -0.1) is 11.6 Å². The second-order valence-electron chi connectivity index (χ2n) is 9.83. The van der Waals surface area contributed by atoms with Crippen molar-refractivity contribution in [2.75, 3.05) is 112 Å². The van der Waals surface area contributed by atoms with E-state index < -0.39 is 0 Å². The molecule has 0 spiro atoms. The van der Waals surface area contributed by atoms with Gasteiger partial charge in [0.15, 0.2) is 0 Å². The Bertz CT molecular complexity index is 396. The van der Waals surface area contributed by atoms with Crippen LogP contribution in [0.3, 0.4) is 0 Å². The van der Waals surface area contributed by atoms with Gasteiger partial charge in [-0.1, -0.05) is 84.0 Å². The summed E-state index contributed by atoms with van der Waals surface area (Å²) in [4.78, 5) is 0. The molecule has 9 heteroatoms. The van der Waals surface area contributed by atoms with E-state index in [9.17, 15) is 0 Å². The SMILES string of the molecule is CCCCCCCCCCCCCCCOCCOCCOCCOCCOCCOCCOCCOCCCl. The zero-order valence-corrected chi connectivity index (χ0v) is 26.6. The van der Waals surface area contributed by atoms with Crippen LogP contribution in [0.5, 0.6) is 0 Å². The first-order valence-corrected chi connectivity index (χ1v) is 16.6. The molecule has 0 N–H and O–H groups in total. The summed E-state index contributed by atoms with van der Waals surface area (Å²) in [6.07, 6.45) is 17.8. The molecule has 0 amide bonds. The Morgan fingerprint density at radius 3 is 0.775 bits per heavy atom. The maximum Gasteiger partial charge on any atom is 0.0701 e. The van der Waals surface area contributed by atoms with E-state index in [4.69, 9.17) is 49.5 Å². The molecule has 0 aromatic heterocycles. The van der Waals surface area contributed by atoms with E-state index in [2.05, 4.69) is 6.92 Å². The molecule has 0 fully saturated rings. The predicted octanol–water partition coefficient (Wildman–Crippen LogP) is 6.45. The molecular weight excluding hydrogens is 536 g/mol. The number of alkyl halides is 1. The molecule has 0 saturated carbocycles. The van der Waals surface area contributed by atoms with Gasteiger partial charge in [0.1, 0.15) is 0 Å². The maximum absolute atomic E-state index is 5.66. The Hall–Kier alpha value is -0.0300. The lowest BCUT2D eigenvalue weighted by atomic mass is 10.0. The number of hydrogen-bond acceptors (Lipinski definition) is 8. The van der Waals surface area contributed by atoms with Crippen LogP contribution in [0.25, 0.3) is 0 Å². The number of hydrogen-bond donors (Lipinski definition) is 0. The van der Waals surface area contributed by atoms with Crippen LogP contribution >= 0.6 is 11.6 Å². The van der Waals surface area contributed by atoms with Gasteiger partial charge in [0.2, 0.25) is 0 Å². The van der Waals surface area contributed by atoms with Crippen molar-refractivity contribution in [1.82, 2.24) is 0 Å². The lowest BCUT2D eigenvalue weighted by Gasteiger charge is -2.08. The van der Waals surface area contributed by atoms with Crippen molar-refractivity contribution in [1.29, 1.82) is 0 Å². The van der Waals surface area contributed by atoms with Gasteiger partial charge in [-0.2, -0.15) is 0 Å². The fraction of sp³-hybridized carbons (Fsp3) is 1.00. The molecule has 8 nitrogen and oxygen atoms in total. The van der Waals surface area contributed by atoms with Crippen molar-refractivity contribution in [2.24, 2.45) is 0 Å². The van der Waals surface area contributed by atoms with Crippen LogP contribution in [-0.4, -0.2) is 112 Å². The maximum atomic E-state index is 5.66. The second-order valence-corrected chi connectivity index (χ2v) is 10.2. The third-order valence-corrected chi connectivity index (χ3v) is 6.37. The van der Waals surface area contributed by atoms with Gasteiger partial charge in [-0.05, 0) is 6.42 Å². The number of halogens is 1. The molecule has 0 radical (unpaired) electrons. The van der Waals surface area contributed by atoms with Crippen molar-refractivity contribution in [3.8, 4) is 0 Å². The third-order valence-electron chi connectivity index (χ3n) is 6.22. The first-order valence-electron chi connectivity index (χ1n) is 16.1. The molecule has 0 aliphatic carbocycles. The summed E-state index contributed by atoms with van der Waals surface area (Å²) in [6, 6.07) is 0. The molecule has 0 saturated heterocycles. The molecule has 0 unspecified atom stereocenters. The van der Waals surface area contributed by atoms with Crippen molar-refractivity contribution in [3.63, 3.8) is 0 Å². The van der Waals surface area contributed by atoms with Gasteiger partial charge in [0.25, 0.3) is 0 Å². The van der Waals surface area contributed by atoms with Crippen LogP contribution in [0.2, 0.25) is 0 Å². The molecular formula is C31H63ClO8. The molecule has 0 atom stereocenters. The van der Waals surface area contributed by atoms with Crippen LogP contribution in [0.1, 0.15) is 90.4 Å². The standard InChI is InChI=1S/C31H63ClO8/c1-2-3-4-5-6-7-8-9-10-11-12-13-14-16-33-18-20-35-22-24-37-26-28-39-30-31-40-29-27-38-25-23-36-21-19-34-17-15-32/h2-31H2,1H3. The highest BCUT2D eigenvalue weighted by atomic mass is 35.5. The summed E-state index contributed by atoms with van der Waals surface area (Å²) in [5, 5.41) is 0. The zero-order valence-electron chi connectivity index (χ0n) is 25.9. The van der Waals surface area contributed by atoms with Crippen LogP contribution < -0.4 is 0 Å². The molecule has 0 aromatic rings. The van der Waals surface area contributed by atoms with E-state index in [0.29, 0.717) is 105 Å². The van der Waals surface area contributed by atoms with Gasteiger partial charge in [-0.3, -0.25) is 0 Å². The zero-order chi connectivity index (χ0) is 28.9. The van der Waals surface area contributed by atoms with Crippen molar-refractivity contribution >= 4 is 11.6 Å². The summed E-state index contributed by atoms with van der Waals surface area (Å²) < 4.78 is 43.7. The lowest BCUT2D eigenvalue weighted by molar-refractivity contribution is -0.0228. The second kappa shape index (κ2) is 39.0. The number of ether oxygens (including phenoxy) is 8. The third kappa shape index (κ3) is 38.0. The minimum absolute atomic E-state index is 0.507. The van der Waals surface area contributed by atoms with Gasteiger partial charge < -0.3 is 37.9 Å². The van der Waals surface area contributed by atoms with Gasteiger partial charge in [-0.25, -0.2) is 0 Å². The number of rotatable bonds is 37. The fourth-order valence-corrected chi connectivity index (χ4v) is 4.03. The normalized spacial score (nSPS) is 11.6. The Morgan fingerprint density at radius 1 is 0.275 bits per heavy atom.